The standard InChI is InChI=1S/C20H33N/c1-5-16-8-7-9-18(12-16)20-13-17(15(3)4)10-11-19(20)14-21-6-2/h7-9,12,15,17,19-21H,5-6,10-11,13-14H2,1-4H3. The zero-order valence-corrected chi connectivity index (χ0v) is 14.4. The molecule has 0 spiro atoms. The van der Waals surface area contributed by atoms with Gasteiger partial charge in [-0.25, -0.2) is 0 Å². The lowest BCUT2D eigenvalue weighted by Crippen LogP contribution is -2.33. The molecule has 1 N–H and O–H groups in total. The summed E-state index contributed by atoms with van der Waals surface area (Å²) in [5.41, 5.74) is 3.07. The van der Waals surface area contributed by atoms with Crippen molar-refractivity contribution in [3.63, 3.8) is 0 Å². The Bertz CT molecular complexity index is 424. The van der Waals surface area contributed by atoms with Gasteiger partial charge in [-0.2, -0.15) is 0 Å². The molecule has 1 saturated carbocycles. The lowest BCUT2D eigenvalue weighted by atomic mass is 9.68. The second-order valence-corrected chi connectivity index (χ2v) is 7.09. The zero-order chi connectivity index (χ0) is 15.2. The van der Waals surface area contributed by atoms with Gasteiger partial charge in [-0.15, -0.1) is 0 Å². The summed E-state index contributed by atoms with van der Waals surface area (Å²) in [4.78, 5) is 0. The van der Waals surface area contributed by atoms with Gasteiger partial charge in [0.25, 0.3) is 0 Å². The zero-order valence-electron chi connectivity index (χ0n) is 14.4. The summed E-state index contributed by atoms with van der Waals surface area (Å²) < 4.78 is 0. The van der Waals surface area contributed by atoms with Crippen LogP contribution in [-0.2, 0) is 6.42 Å². The van der Waals surface area contributed by atoms with Crippen LogP contribution in [0.2, 0.25) is 0 Å². The Labute approximate surface area is 131 Å². The lowest BCUT2D eigenvalue weighted by molar-refractivity contribution is 0.191. The van der Waals surface area contributed by atoms with Crippen LogP contribution in [0.15, 0.2) is 24.3 Å². The third-order valence-corrected chi connectivity index (χ3v) is 5.42. The van der Waals surface area contributed by atoms with E-state index in [9.17, 15) is 0 Å². The van der Waals surface area contributed by atoms with E-state index in [-0.39, 0.29) is 0 Å². The van der Waals surface area contributed by atoms with Crippen molar-refractivity contribution in [2.24, 2.45) is 17.8 Å². The molecule has 1 nitrogen and oxygen atoms in total. The van der Waals surface area contributed by atoms with Crippen molar-refractivity contribution < 1.29 is 0 Å². The normalized spacial score (nSPS) is 26.2. The van der Waals surface area contributed by atoms with Crippen LogP contribution in [0, 0.1) is 17.8 Å². The van der Waals surface area contributed by atoms with Gasteiger partial charge in [0.05, 0.1) is 0 Å². The highest BCUT2D eigenvalue weighted by atomic mass is 14.8. The quantitative estimate of drug-likeness (QED) is 0.775. The summed E-state index contributed by atoms with van der Waals surface area (Å²) in [6, 6.07) is 9.36. The maximum atomic E-state index is 3.59. The Morgan fingerprint density at radius 3 is 2.67 bits per heavy atom. The topological polar surface area (TPSA) is 12.0 Å². The van der Waals surface area contributed by atoms with E-state index in [2.05, 4.69) is 57.3 Å². The van der Waals surface area contributed by atoms with Gasteiger partial charge in [-0.05, 0) is 73.6 Å². The molecule has 1 aromatic carbocycles. The van der Waals surface area contributed by atoms with E-state index < -0.39 is 0 Å². The molecule has 118 valence electrons. The first-order chi connectivity index (χ1) is 10.2. The average Bonchev–Trinajstić information content (AvgIpc) is 2.52. The van der Waals surface area contributed by atoms with Crippen molar-refractivity contribution >= 4 is 0 Å². The van der Waals surface area contributed by atoms with Crippen molar-refractivity contribution in [1.82, 2.24) is 5.32 Å². The Morgan fingerprint density at radius 1 is 1.19 bits per heavy atom. The first kappa shape index (κ1) is 16.5. The second kappa shape index (κ2) is 7.98. The molecule has 1 heteroatoms. The molecule has 1 aliphatic carbocycles. The van der Waals surface area contributed by atoms with Crippen molar-refractivity contribution in [2.45, 2.75) is 59.3 Å². The SMILES string of the molecule is CCNCC1CCC(C(C)C)CC1c1cccc(CC)c1. The summed E-state index contributed by atoms with van der Waals surface area (Å²) in [5.74, 6) is 3.28. The highest BCUT2D eigenvalue weighted by Crippen LogP contribution is 2.43. The number of hydrogen-bond donors (Lipinski definition) is 1. The molecule has 0 saturated heterocycles. The minimum atomic E-state index is 0.747. The van der Waals surface area contributed by atoms with Crippen LogP contribution in [0.25, 0.3) is 0 Å². The third-order valence-electron chi connectivity index (χ3n) is 5.42. The molecule has 1 aromatic rings. The van der Waals surface area contributed by atoms with Crippen molar-refractivity contribution in [3.8, 4) is 0 Å². The molecule has 1 fully saturated rings. The fourth-order valence-corrected chi connectivity index (χ4v) is 3.90. The average molecular weight is 287 g/mol. The van der Waals surface area contributed by atoms with E-state index in [4.69, 9.17) is 0 Å². The van der Waals surface area contributed by atoms with Crippen LogP contribution in [0.3, 0.4) is 0 Å². The number of rotatable bonds is 6. The van der Waals surface area contributed by atoms with Gasteiger partial charge in [0.15, 0.2) is 0 Å². The number of aryl methyl sites for hydroxylation is 1. The maximum Gasteiger partial charge on any atom is -0.00148 e. The number of nitrogens with one attached hydrogen (secondary N) is 1. The Balaban J connectivity index is 2.18. The van der Waals surface area contributed by atoms with E-state index in [1.54, 1.807) is 5.56 Å². The van der Waals surface area contributed by atoms with Gasteiger partial charge in [0, 0.05) is 0 Å². The monoisotopic (exact) mass is 287 g/mol. The highest BCUT2D eigenvalue weighted by molar-refractivity contribution is 5.27. The van der Waals surface area contributed by atoms with Gasteiger partial charge in [-0.1, -0.05) is 52.0 Å². The predicted molar refractivity (Wildman–Crippen MR) is 92.8 cm³/mol. The molecular weight excluding hydrogens is 254 g/mol. The third kappa shape index (κ3) is 4.32. The fraction of sp³-hybridized carbons (Fsp3) is 0.700. The smallest absolute Gasteiger partial charge is 0.00148 e. The van der Waals surface area contributed by atoms with Crippen LogP contribution in [0.4, 0.5) is 0 Å². The highest BCUT2D eigenvalue weighted by Gasteiger charge is 2.32. The summed E-state index contributed by atoms with van der Waals surface area (Å²) in [6.07, 6.45) is 5.32. The van der Waals surface area contributed by atoms with E-state index in [1.165, 1.54) is 31.4 Å². The lowest BCUT2D eigenvalue weighted by Gasteiger charge is -2.38. The summed E-state index contributed by atoms with van der Waals surface area (Å²) in [7, 11) is 0. The van der Waals surface area contributed by atoms with Crippen molar-refractivity contribution in [3.05, 3.63) is 35.4 Å². The van der Waals surface area contributed by atoms with Crippen LogP contribution >= 0.6 is 0 Å². The van der Waals surface area contributed by atoms with E-state index in [1.807, 2.05) is 0 Å². The minimum Gasteiger partial charge on any atom is -0.317 e. The maximum absolute atomic E-state index is 3.59. The van der Waals surface area contributed by atoms with Crippen LogP contribution in [-0.4, -0.2) is 13.1 Å². The molecule has 21 heavy (non-hydrogen) atoms. The minimum absolute atomic E-state index is 0.747. The molecule has 3 unspecified atom stereocenters. The van der Waals surface area contributed by atoms with Crippen LogP contribution in [0.1, 0.15) is 64.0 Å². The molecule has 0 amide bonds. The summed E-state index contributed by atoms with van der Waals surface area (Å²) in [5, 5.41) is 3.59. The van der Waals surface area contributed by atoms with E-state index in [0.29, 0.717) is 0 Å². The van der Waals surface area contributed by atoms with Gasteiger partial charge in [0.2, 0.25) is 0 Å². The summed E-state index contributed by atoms with van der Waals surface area (Å²) >= 11 is 0. The predicted octanol–water partition coefficient (Wildman–Crippen LogP) is 5.01. The molecule has 1 aliphatic rings. The summed E-state index contributed by atoms with van der Waals surface area (Å²) in [6.45, 7) is 11.5. The number of benzene rings is 1. The van der Waals surface area contributed by atoms with E-state index in [0.717, 1.165) is 36.6 Å². The molecule has 3 atom stereocenters. The molecule has 0 bridgehead atoms. The van der Waals surface area contributed by atoms with Crippen molar-refractivity contribution in [1.29, 1.82) is 0 Å². The number of hydrogen-bond acceptors (Lipinski definition) is 1. The van der Waals surface area contributed by atoms with Gasteiger partial charge >= 0.3 is 0 Å². The second-order valence-electron chi connectivity index (χ2n) is 7.09. The first-order valence-electron chi connectivity index (χ1n) is 8.95. The Hall–Kier alpha value is -0.820. The van der Waals surface area contributed by atoms with E-state index >= 15 is 0 Å². The Morgan fingerprint density at radius 2 is 2.00 bits per heavy atom. The first-order valence-corrected chi connectivity index (χ1v) is 8.95. The van der Waals surface area contributed by atoms with Gasteiger partial charge in [-0.3, -0.25) is 0 Å². The molecule has 0 aromatic heterocycles. The molecule has 2 rings (SSSR count). The molecular formula is C20H33N. The molecule has 0 aliphatic heterocycles. The van der Waals surface area contributed by atoms with Crippen LogP contribution < -0.4 is 5.32 Å². The molecule has 0 radical (unpaired) electrons. The van der Waals surface area contributed by atoms with Gasteiger partial charge < -0.3 is 5.32 Å². The van der Waals surface area contributed by atoms with Crippen LogP contribution in [0.5, 0.6) is 0 Å². The fourth-order valence-electron chi connectivity index (χ4n) is 3.90. The Kier molecular flexibility index (Phi) is 6.29. The molecule has 0 heterocycles. The van der Waals surface area contributed by atoms with Crippen molar-refractivity contribution in [2.75, 3.05) is 13.1 Å². The van der Waals surface area contributed by atoms with Gasteiger partial charge in [0.1, 0.15) is 0 Å². The largest absolute Gasteiger partial charge is 0.317 e.